The molecule has 0 radical (unpaired) electrons. The van der Waals surface area contributed by atoms with E-state index in [0.29, 0.717) is 31.8 Å². The maximum atomic E-state index is 13.7. The highest BCUT2D eigenvalue weighted by molar-refractivity contribution is 5.88. The molecule has 1 aromatic heterocycles. The highest BCUT2D eigenvalue weighted by atomic mass is 16.6. The molecule has 3 amide bonds. The van der Waals surface area contributed by atoms with E-state index in [4.69, 9.17) is 4.74 Å². The Hall–Kier alpha value is -4.05. The van der Waals surface area contributed by atoms with Gasteiger partial charge in [0.2, 0.25) is 17.6 Å². The molecule has 0 spiro atoms. The van der Waals surface area contributed by atoms with Crippen molar-refractivity contribution in [3.05, 3.63) is 29.3 Å². The van der Waals surface area contributed by atoms with Gasteiger partial charge in [-0.3, -0.25) is 14.5 Å². The Morgan fingerprint density at radius 1 is 1.27 bits per heavy atom. The molecule has 4 heterocycles. The molecular weight excluding hydrogens is 526 g/mol. The van der Waals surface area contributed by atoms with E-state index < -0.39 is 23.8 Å². The lowest BCUT2D eigenvalue weighted by Crippen LogP contribution is -2.59. The molecular formula is C28H35N9O4. The van der Waals surface area contributed by atoms with Gasteiger partial charge in [0.15, 0.2) is 0 Å². The maximum absolute atomic E-state index is 13.7. The van der Waals surface area contributed by atoms with Gasteiger partial charge in [-0.15, -0.1) is 10.2 Å². The first kappa shape index (κ1) is 27.1. The monoisotopic (exact) mass is 561 g/mol. The Kier molecular flexibility index (Phi) is 6.89. The van der Waals surface area contributed by atoms with Gasteiger partial charge in [0.1, 0.15) is 17.7 Å². The van der Waals surface area contributed by atoms with Gasteiger partial charge in [0.25, 0.3) is 0 Å². The minimum Gasteiger partial charge on any atom is -0.444 e. The van der Waals surface area contributed by atoms with Crippen LogP contribution in [0, 0.1) is 11.3 Å². The molecule has 13 heteroatoms. The second-order valence-electron chi connectivity index (χ2n) is 12.3. The van der Waals surface area contributed by atoms with Crippen molar-refractivity contribution in [3.8, 4) is 17.5 Å². The summed E-state index contributed by atoms with van der Waals surface area (Å²) in [5.41, 5.74) is 2.51. The summed E-state index contributed by atoms with van der Waals surface area (Å²) >= 11 is 0. The minimum atomic E-state index is -0.921. The van der Waals surface area contributed by atoms with E-state index in [1.54, 1.807) is 25.7 Å². The number of fused-ring (bicyclic) bond motifs is 3. The lowest BCUT2D eigenvalue weighted by Gasteiger charge is -2.39. The third kappa shape index (κ3) is 5.12. The van der Waals surface area contributed by atoms with Gasteiger partial charge in [-0.1, -0.05) is 12.1 Å². The van der Waals surface area contributed by atoms with Crippen LogP contribution in [0.15, 0.2) is 18.2 Å². The number of aryl methyl sites for hydroxylation is 1. The van der Waals surface area contributed by atoms with E-state index in [1.165, 1.54) is 5.56 Å². The normalized spacial score (nSPS) is 26.2. The van der Waals surface area contributed by atoms with Crippen LogP contribution in [0.25, 0.3) is 11.4 Å². The zero-order chi connectivity index (χ0) is 28.9. The number of aromatic amines is 1. The number of likely N-dealkylation sites (tertiary alicyclic amines) is 3. The first-order chi connectivity index (χ1) is 19.6. The minimum absolute atomic E-state index is 0.00673. The van der Waals surface area contributed by atoms with E-state index in [9.17, 15) is 19.6 Å². The lowest BCUT2D eigenvalue weighted by atomic mass is 10.0. The van der Waals surface area contributed by atoms with E-state index in [-0.39, 0.29) is 36.5 Å². The lowest BCUT2D eigenvalue weighted by molar-refractivity contribution is -0.141. The van der Waals surface area contributed by atoms with E-state index in [0.717, 1.165) is 30.4 Å². The van der Waals surface area contributed by atoms with Crippen LogP contribution in [-0.2, 0) is 20.7 Å². The molecule has 2 bridgehead atoms. The van der Waals surface area contributed by atoms with E-state index >= 15 is 0 Å². The van der Waals surface area contributed by atoms with Crippen LogP contribution in [0.3, 0.4) is 0 Å². The number of alkyl carbamates (subject to hydrolysis) is 1. The number of benzene rings is 1. The van der Waals surface area contributed by atoms with Crippen molar-refractivity contribution in [3.63, 3.8) is 0 Å². The average Bonchev–Trinajstić information content (AvgIpc) is 3.74. The summed E-state index contributed by atoms with van der Waals surface area (Å²) in [5.74, 6) is 0.289. The quantitative estimate of drug-likeness (QED) is 0.533. The van der Waals surface area contributed by atoms with Gasteiger partial charge < -0.3 is 19.9 Å². The largest absolute Gasteiger partial charge is 0.444 e. The van der Waals surface area contributed by atoms with Crippen LogP contribution >= 0.6 is 0 Å². The summed E-state index contributed by atoms with van der Waals surface area (Å²) in [4.78, 5) is 45.6. The molecule has 0 saturated carbocycles. The molecule has 1 aromatic carbocycles. The van der Waals surface area contributed by atoms with Crippen LogP contribution in [0.2, 0.25) is 0 Å². The highest BCUT2D eigenvalue weighted by Gasteiger charge is 2.53. The molecule has 3 saturated heterocycles. The molecule has 4 aliphatic rings. The fourth-order valence-electron chi connectivity index (χ4n) is 6.84. The summed E-state index contributed by atoms with van der Waals surface area (Å²) in [5, 5.41) is 26.6. The smallest absolute Gasteiger partial charge is 0.408 e. The van der Waals surface area contributed by atoms with Gasteiger partial charge in [0, 0.05) is 31.2 Å². The number of nitriles is 1. The highest BCUT2D eigenvalue weighted by Crippen LogP contribution is 2.44. The van der Waals surface area contributed by atoms with Gasteiger partial charge in [-0.2, -0.15) is 10.5 Å². The zero-order valence-electron chi connectivity index (χ0n) is 23.5. The number of hydrogen-bond acceptors (Lipinski definition) is 9. The Morgan fingerprint density at radius 3 is 2.80 bits per heavy atom. The van der Waals surface area contributed by atoms with Gasteiger partial charge in [-0.05, 0) is 75.3 Å². The SMILES string of the molecule is CC(C)(C)OC(=O)N[C@@H](CN1C[C@H]2C[C@@H]1C(=O)N2[C@@H]1CCc2cc(-c3nn[nH]n3)ccc21)C(=O)N1CCC[C@H]1C#N. The van der Waals surface area contributed by atoms with Crippen molar-refractivity contribution in [1.29, 1.82) is 5.26 Å². The Balaban J connectivity index is 1.16. The fourth-order valence-corrected chi connectivity index (χ4v) is 6.84. The topological polar surface area (TPSA) is 160 Å². The molecule has 216 valence electrons. The molecule has 41 heavy (non-hydrogen) atoms. The van der Waals surface area contributed by atoms with Crippen molar-refractivity contribution < 1.29 is 19.1 Å². The fraction of sp³-hybridized carbons (Fsp3) is 0.607. The summed E-state index contributed by atoms with van der Waals surface area (Å²) < 4.78 is 5.44. The van der Waals surface area contributed by atoms with Crippen molar-refractivity contribution in [1.82, 2.24) is 40.6 Å². The third-order valence-electron chi connectivity index (χ3n) is 8.53. The van der Waals surface area contributed by atoms with Crippen molar-refractivity contribution in [2.75, 3.05) is 19.6 Å². The number of aromatic nitrogens is 4. The number of H-pyrrole nitrogens is 1. The van der Waals surface area contributed by atoms with Crippen molar-refractivity contribution in [2.24, 2.45) is 0 Å². The number of carbonyl (C=O) groups is 3. The average molecular weight is 562 g/mol. The number of hydrogen-bond donors (Lipinski definition) is 2. The van der Waals surface area contributed by atoms with Crippen LogP contribution in [-0.4, -0.2) is 103 Å². The summed E-state index contributed by atoms with van der Waals surface area (Å²) in [6.07, 6.45) is 3.06. The molecule has 13 nitrogen and oxygen atoms in total. The van der Waals surface area contributed by atoms with Crippen molar-refractivity contribution >= 4 is 17.9 Å². The zero-order valence-corrected chi connectivity index (χ0v) is 23.5. The summed E-state index contributed by atoms with van der Waals surface area (Å²) in [6, 6.07) is 6.56. The van der Waals surface area contributed by atoms with Crippen LogP contribution in [0.5, 0.6) is 0 Å². The molecule has 5 atom stereocenters. The standard InChI is InChI=1S/C28H35N9O4/c1-28(2,3)41-27(40)30-21(25(38)36-10-4-5-18(36)13-29)15-35-14-19-12-23(35)26(39)37(19)22-9-7-16-11-17(6-8-20(16)22)24-31-33-34-32-24/h6,8,11,18-19,21-23H,4-5,7,9-10,12,14-15H2,1-3H3,(H,30,40)(H,31,32,33,34)/t18-,19+,21-,22+,23+/m0/s1. The third-order valence-corrected chi connectivity index (χ3v) is 8.53. The van der Waals surface area contributed by atoms with Crippen LogP contribution in [0.1, 0.15) is 63.6 Å². The molecule has 2 aromatic rings. The second-order valence-corrected chi connectivity index (χ2v) is 12.3. The molecule has 1 aliphatic carbocycles. The molecule has 0 unspecified atom stereocenters. The number of ether oxygens (including phenoxy) is 1. The Labute approximate surface area is 238 Å². The Morgan fingerprint density at radius 2 is 2.10 bits per heavy atom. The van der Waals surface area contributed by atoms with E-state index in [2.05, 4.69) is 44.1 Å². The summed E-state index contributed by atoms with van der Waals surface area (Å²) in [6.45, 7) is 6.55. The number of tetrazole rings is 1. The molecule has 2 N–H and O–H groups in total. The number of nitrogens with zero attached hydrogens (tertiary/aromatic N) is 7. The predicted octanol–water partition coefficient (Wildman–Crippen LogP) is 1.55. The van der Waals surface area contributed by atoms with Crippen LogP contribution in [0.4, 0.5) is 4.79 Å². The number of piperazine rings is 1. The molecule has 6 rings (SSSR count). The van der Waals surface area contributed by atoms with Gasteiger partial charge in [-0.25, -0.2) is 4.79 Å². The summed E-state index contributed by atoms with van der Waals surface area (Å²) in [7, 11) is 0. The van der Waals surface area contributed by atoms with Crippen LogP contribution < -0.4 is 5.32 Å². The maximum Gasteiger partial charge on any atom is 0.408 e. The molecule has 3 fully saturated rings. The second kappa shape index (κ2) is 10.4. The first-order valence-electron chi connectivity index (χ1n) is 14.3. The molecule has 3 aliphatic heterocycles. The number of amides is 3. The van der Waals surface area contributed by atoms with Crippen molar-refractivity contribution in [2.45, 2.75) is 88.7 Å². The Bertz CT molecular complexity index is 1380. The number of carbonyl (C=O) groups excluding carboxylic acids is 3. The van der Waals surface area contributed by atoms with Gasteiger partial charge in [0.05, 0.1) is 18.2 Å². The predicted molar refractivity (Wildman–Crippen MR) is 145 cm³/mol. The number of nitrogens with one attached hydrogen (secondary N) is 2. The van der Waals surface area contributed by atoms with E-state index in [1.807, 2.05) is 15.9 Å². The van der Waals surface area contributed by atoms with Gasteiger partial charge >= 0.3 is 6.09 Å². The number of rotatable bonds is 6. The first-order valence-corrected chi connectivity index (χ1v) is 14.3.